The molecule has 0 bridgehead atoms. The molecule has 5 nitrogen and oxygen atoms in total. The normalized spacial score (nSPS) is 10.9. The molecular weight excluding hydrogens is 218 g/mol. The first-order chi connectivity index (χ1) is 8.31. The quantitative estimate of drug-likeness (QED) is 0.660. The van der Waals surface area contributed by atoms with Crippen LogP contribution in [0.2, 0.25) is 0 Å². The number of aromatic amines is 1. The molecule has 1 heterocycles. The predicted octanol–water partition coefficient (Wildman–Crippen LogP) is 1.29. The lowest BCUT2D eigenvalue weighted by Gasteiger charge is -2.08. The van der Waals surface area contributed by atoms with Crippen LogP contribution >= 0.6 is 0 Å². The van der Waals surface area contributed by atoms with Crippen molar-refractivity contribution >= 4 is 16.6 Å². The van der Waals surface area contributed by atoms with E-state index in [2.05, 4.69) is 34.6 Å². The summed E-state index contributed by atoms with van der Waals surface area (Å²) in [5.41, 5.74) is 3.24. The van der Waals surface area contributed by atoms with Crippen LogP contribution in [0.5, 0.6) is 0 Å². The van der Waals surface area contributed by atoms with Crippen molar-refractivity contribution in [2.24, 2.45) is 0 Å². The van der Waals surface area contributed by atoms with E-state index in [0.29, 0.717) is 19.8 Å². The molecule has 0 radical (unpaired) electrons. The van der Waals surface area contributed by atoms with E-state index in [1.165, 1.54) is 5.56 Å². The number of hydrogen-bond acceptors (Lipinski definition) is 4. The van der Waals surface area contributed by atoms with E-state index in [-0.39, 0.29) is 6.61 Å². The number of nitrogens with zero attached hydrogens (tertiary/aromatic N) is 1. The van der Waals surface area contributed by atoms with E-state index in [1.54, 1.807) is 0 Å². The Balaban J connectivity index is 2.00. The maximum atomic E-state index is 8.57. The highest BCUT2D eigenvalue weighted by atomic mass is 16.5. The molecule has 3 N–H and O–H groups in total. The van der Waals surface area contributed by atoms with Crippen molar-refractivity contribution in [1.82, 2.24) is 10.2 Å². The SMILES string of the molecule is Cc1cc(NCCOCCO)c2[nH]ncc2c1. The molecule has 0 aliphatic rings. The third kappa shape index (κ3) is 2.95. The molecule has 0 saturated heterocycles. The second-order valence-electron chi connectivity index (χ2n) is 3.91. The number of aryl methyl sites for hydroxylation is 1. The van der Waals surface area contributed by atoms with Crippen molar-refractivity contribution in [2.75, 3.05) is 31.7 Å². The Labute approximate surface area is 99.8 Å². The van der Waals surface area contributed by atoms with Gasteiger partial charge in [0.1, 0.15) is 0 Å². The van der Waals surface area contributed by atoms with Gasteiger partial charge in [-0.3, -0.25) is 5.10 Å². The van der Waals surface area contributed by atoms with E-state index >= 15 is 0 Å². The number of aliphatic hydroxyl groups is 1. The lowest BCUT2D eigenvalue weighted by atomic mass is 10.1. The van der Waals surface area contributed by atoms with Crippen LogP contribution < -0.4 is 5.32 Å². The molecule has 0 spiro atoms. The smallest absolute Gasteiger partial charge is 0.0881 e. The summed E-state index contributed by atoms with van der Waals surface area (Å²) in [5, 5.41) is 20.0. The first-order valence-electron chi connectivity index (χ1n) is 5.67. The van der Waals surface area contributed by atoms with Crippen LogP contribution in [-0.2, 0) is 4.74 Å². The number of anilines is 1. The van der Waals surface area contributed by atoms with Crippen molar-refractivity contribution in [3.05, 3.63) is 23.9 Å². The highest BCUT2D eigenvalue weighted by Gasteiger charge is 2.03. The number of aliphatic hydroxyl groups excluding tert-OH is 1. The Hall–Kier alpha value is -1.59. The number of ether oxygens (including phenoxy) is 1. The number of rotatable bonds is 6. The fraction of sp³-hybridized carbons (Fsp3) is 0.417. The molecule has 0 saturated carbocycles. The van der Waals surface area contributed by atoms with Crippen LogP contribution in [-0.4, -0.2) is 41.7 Å². The topological polar surface area (TPSA) is 70.2 Å². The van der Waals surface area contributed by atoms with Gasteiger partial charge in [-0.15, -0.1) is 0 Å². The molecule has 17 heavy (non-hydrogen) atoms. The molecule has 0 fully saturated rings. The van der Waals surface area contributed by atoms with E-state index < -0.39 is 0 Å². The predicted molar refractivity (Wildman–Crippen MR) is 67.2 cm³/mol. The standard InChI is InChI=1S/C12H17N3O2/c1-9-6-10-8-14-15-12(10)11(7-9)13-2-4-17-5-3-16/h6-8,13,16H,2-5H2,1H3,(H,14,15). The average molecular weight is 235 g/mol. The molecule has 5 heteroatoms. The fourth-order valence-electron chi connectivity index (χ4n) is 1.77. The van der Waals surface area contributed by atoms with Crippen LogP contribution in [0.1, 0.15) is 5.56 Å². The van der Waals surface area contributed by atoms with Gasteiger partial charge >= 0.3 is 0 Å². The molecule has 0 amide bonds. The van der Waals surface area contributed by atoms with E-state index in [0.717, 1.165) is 16.6 Å². The van der Waals surface area contributed by atoms with Crippen LogP contribution in [0.15, 0.2) is 18.3 Å². The van der Waals surface area contributed by atoms with Crippen molar-refractivity contribution in [3.63, 3.8) is 0 Å². The summed E-state index contributed by atoms with van der Waals surface area (Å²) in [6, 6.07) is 4.17. The zero-order valence-corrected chi connectivity index (χ0v) is 9.86. The van der Waals surface area contributed by atoms with Gasteiger partial charge in [-0.05, 0) is 24.6 Å². The number of hydrogen-bond donors (Lipinski definition) is 3. The van der Waals surface area contributed by atoms with Crippen LogP contribution in [0, 0.1) is 6.92 Å². The van der Waals surface area contributed by atoms with E-state index in [1.807, 2.05) is 6.20 Å². The Morgan fingerprint density at radius 1 is 1.41 bits per heavy atom. The Morgan fingerprint density at radius 3 is 3.12 bits per heavy atom. The highest BCUT2D eigenvalue weighted by Crippen LogP contribution is 2.22. The minimum absolute atomic E-state index is 0.0647. The molecule has 2 aromatic rings. The van der Waals surface area contributed by atoms with Gasteiger partial charge in [0.25, 0.3) is 0 Å². The summed E-state index contributed by atoms with van der Waals surface area (Å²) in [7, 11) is 0. The number of H-pyrrole nitrogens is 1. The highest BCUT2D eigenvalue weighted by molar-refractivity contribution is 5.90. The summed E-state index contributed by atoms with van der Waals surface area (Å²) >= 11 is 0. The molecular formula is C12H17N3O2. The number of fused-ring (bicyclic) bond motifs is 1. The Kier molecular flexibility index (Phi) is 3.95. The minimum Gasteiger partial charge on any atom is -0.394 e. The summed E-state index contributed by atoms with van der Waals surface area (Å²) in [4.78, 5) is 0. The number of aromatic nitrogens is 2. The summed E-state index contributed by atoms with van der Waals surface area (Å²) < 4.78 is 5.19. The third-order valence-electron chi connectivity index (χ3n) is 2.49. The van der Waals surface area contributed by atoms with Gasteiger partial charge in [0, 0.05) is 11.9 Å². The zero-order chi connectivity index (χ0) is 12.1. The average Bonchev–Trinajstić information content (AvgIpc) is 2.76. The molecule has 0 aliphatic heterocycles. The van der Waals surface area contributed by atoms with Crippen LogP contribution in [0.4, 0.5) is 5.69 Å². The second-order valence-corrected chi connectivity index (χ2v) is 3.91. The maximum Gasteiger partial charge on any atom is 0.0881 e. The van der Waals surface area contributed by atoms with Gasteiger partial charge < -0.3 is 15.2 Å². The largest absolute Gasteiger partial charge is 0.394 e. The van der Waals surface area contributed by atoms with Crippen molar-refractivity contribution < 1.29 is 9.84 Å². The Morgan fingerprint density at radius 2 is 2.29 bits per heavy atom. The van der Waals surface area contributed by atoms with Gasteiger partial charge in [-0.2, -0.15) is 5.10 Å². The maximum absolute atomic E-state index is 8.57. The zero-order valence-electron chi connectivity index (χ0n) is 9.86. The summed E-state index contributed by atoms with van der Waals surface area (Å²) in [6.45, 7) is 3.78. The van der Waals surface area contributed by atoms with Crippen molar-refractivity contribution in [1.29, 1.82) is 0 Å². The molecule has 0 atom stereocenters. The fourth-order valence-corrected chi connectivity index (χ4v) is 1.77. The summed E-state index contributed by atoms with van der Waals surface area (Å²) in [6.07, 6.45) is 1.82. The van der Waals surface area contributed by atoms with Crippen molar-refractivity contribution in [3.8, 4) is 0 Å². The van der Waals surface area contributed by atoms with Gasteiger partial charge in [0.2, 0.25) is 0 Å². The molecule has 2 rings (SSSR count). The molecule has 1 aromatic heterocycles. The van der Waals surface area contributed by atoms with Crippen molar-refractivity contribution in [2.45, 2.75) is 6.92 Å². The lowest BCUT2D eigenvalue weighted by molar-refractivity contribution is 0.0992. The summed E-state index contributed by atoms with van der Waals surface area (Å²) in [5.74, 6) is 0. The van der Waals surface area contributed by atoms with Gasteiger partial charge in [-0.25, -0.2) is 0 Å². The monoisotopic (exact) mass is 235 g/mol. The van der Waals surface area contributed by atoms with Gasteiger partial charge in [0.05, 0.1) is 37.2 Å². The van der Waals surface area contributed by atoms with Crippen LogP contribution in [0.3, 0.4) is 0 Å². The molecule has 1 aromatic carbocycles. The molecule has 92 valence electrons. The number of nitrogens with one attached hydrogen (secondary N) is 2. The van der Waals surface area contributed by atoms with E-state index in [4.69, 9.17) is 9.84 Å². The Bertz CT molecular complexity index is 482. The van der Waals surface area contributed by atoms with E-state index in [9.17, 15) is 0 Å². The third-order valence-corrected chi connectivity index (χ3v) is 2.49. The van der Waals surface area contributed by atoms with Crippen LogP contribution in [0.25, 0.3) is 10.9 Å². The molecule has 0 unspecified atom stereocenters. The van der Waals surface area contributed by atoms with Gasteiger partial charge in [-0.1, -0.05) is 0 Å². The first-order valence-corrected chi connectivity index (χ1v) is 5.67. The number of benzene rings is 1. The molecule has 0 aliphatic carbocycles. The second kappa shape index (κ2) is 5.65. The first kappa shape index (κ1) is 11.9. The van der Waals surface area contributed by atoms with Gasteiger partial charge in [0.15, 0.2) is 0 Å². The minimum atomic E-state index is 0.0647. The lowest BCUT2D eigenvalue weighted by Crippen LogP contribution is -2.11.